The Morgan fingerprint density at radius 1 is 1.05 bits per heavy atom. The lowest BCUT2D eigenvalue weighted by Gasteiger charge is -2.07. The van der Waals surface area contributed by atoms with Crippen LogP contribution in [0.25, 0.3) is 10.8 Å². The van der Waals surface area contributed by atoms with Crippen LogP contribution in [0.1, 0.15) is 18.9 Å². The van der Waals surface area contributed by atoms with Gasteiger partial charge in [0.15, 0.2) is 0 Å². The fourth-order valence-electron chi connectivity index (χ4n) is 2.14. The van der Waals surface area contributed by atoms with Crippen LogP contribution >= 0.6 is 0 Å². The van der Waals surface area contributed by atoms with Gasteiger partial charge in [-0.25, -0.2) is 0 Å². The Kier molecular flexibility index (Phi) is 4.29. The average Bonchev–Trinajstić information content (AvgIpc) is 2.38. The second-order valence-corrected chi connectivity index (χ2v) is 4.62. The molecular weight excluding hydrogens is 238 g/mol. The number of benzene rings is 2. The van der Waals surface area contributed by atoms with Crippen LogP contribution in [0.3, 0.4) is 0 Å². The monoisotopic (exact) mass is 255 g/mol. The Morgan fingerprint density at radius 2 is 1.79 bits per heavy atom. The summed E-state index contributed by atoms with van der Waals surface area (Å²) in [5, 5.41) is 5.18. The molecule has 0 bridgehead atoms. The number of carbonyl (C=O) groups is 2. The topological polar surface area (TPSA) is 46.2 Å². The molecule has 3 heteroatoms. The van der Waals surface area contributed by atoms with Gasteiger partial charge in [-0.2, -0.15) is 0 Å². The number of ketones is 1. The molecule has 0 aliphatic rings. The van der Waals surface area contributed by atoms with Crippen LogP contribution in [-0.2, 0) is 16.0 Å². The average molecular weight is 255 g/mol. The van der Waals surface area contributed by atoms with Gasteiger partial charge in [0.2, 0.25) is 5.91 Å². The van der Waals surface area contributed by atoms with Gasteiger partial charge in [0.05, 0.1) is 6.42 Å². The summed E-state index contributed by atoms with van der Waals surface area (Å²) >= 11 is 0. The third kappa shape index (κ3) is 3.65. The smallest absolute Gasteiger partial charge is 0.227 e. The number of hydrogen-bond donors (Lipinski definition) is 1. The third-order valence-electron chi connectivity index (χ3n) is 3.01. The highest BCUT2D eigenvalue weighted by Gasteiger charge is 2.05. The minimum atomic E-state index is -0.201. The molecule has 3 nitrogen and oxygen atoms in total. The second-order valence-electron chi connectivity index (χ2n) is 4.62. The van der Waals surface area contributed by atoms with Crippen LogP contribution in [-0.4, -0.2) is 18.2 Å². The molecule has 0 aliphatic carbocycles. The molecule has 2 aromatic rings. The first-order chi connectivity index (χ1) is 9.16. The van der Waals surface area contributed by atoms with E-state index in [2.05, 4.69) is 29.6 Å². The van der Waals surface area contributed by atoms with Crippen LogP contribution in [0.2, 0.25) is 0 Å². The maximum absolute atomic E-state index is 11.4. The Morgan fingerprint density at radius 3 is 2.58 bits per heavy atom. The highest BCUT2D eigenvalue weighted by Crippen LogP contribution is 2.18. The van der Waals surface area contributed by atoms with E-state index in [0.717, 1.165) is 6.42 Å². The van der Waals surface area contributed by atoms with E-state index < -0.39 is 0 Å². The third-order valence-corrected chi connectivity index (χ3v) is 3.01. The molecule has 0 unspecified atom stereocenters. The predicted octanol–water partition coefficient (Wildman–Crippen LogP) is 2.48. The fraction of sp³-hybridized carbons (Fsp3) is 0.250. The van der Waals surface area contributed by atoms with Gasteiger partial charge in [0.25, 0.3) is 0 Å². The number of hydrogen-bond acceptors (Lipinski definition) is 2. The molecule has 0 saturated carbocycles. The van der Waals surface area contributed by atoms with Gasteiger partial charge in [0, 0.05) is 6.54 Å². The molecule has 1 N–H and O–H groups in total. The summed E-state index contributed by atoms with van der Waals surface area (Å²) in [6, 6.07) is 14.4. The van der Waals surface area contributed by atoms with E-state index in [1.807, 2.05) is 18.2 Å². The van der Waals surface area contributed by atoms with Crippen molar-refractivity contribution in [2.45, 2.75) is 19.8 Å². The minimum absolute atomic E-state index is 0.0322. The van der Waals surface area contributed by atoms with Crippen LogP contribution < -0.4 is 5.32 Å². The maximum Gasteiger partial charge on any atom is 0.227 e. The quantitative estimate of drug-likeness (QED) is 0.834. The first kappa shape index (κ1) is 13.3. The second kappa shape index (κ2) is 6.14. The van der Waals surface area contributed by atoms with Gasteiger partial charge in [-0.15, -0.1) is 0 Å². The highest BCUT2D eigenvalue weighted by atomic mass is 16.2. The van der Waals surface area contributed by atoms with Crippen molar-refractivity contribution in [1.29, 1.82) is 0 Å². The summed E-state index contributed by atoms with van der Waals surface area (Å²) in [7, 11) is 0. The number of fused-ring (bicyclic) bond motifs is 1. The summed E-state index contributed by atoms with van der Waals surface area (Å²) in [5.74, 6) is -0.310. The van der Waals surface area contributed by atoms with Gasteiger partial charge >= 0.3 is 0 Å². The zero-order valence-electron chi connectivity index (χ0n) is 11.0. The molecule has 2 aromatic carbocycles. The molecule has 0 atom stereocenters. The van der Waals surface area contributed by atoms with Crippen molar-refractivity contribution in [2.24, 2.45) is 0 Å². The first-order valence-electron chi connectivity index (χ1n) is 6.39. The van der Waals surface area contributed by atoms with E-state index in [4.69, 9.17) is 0 Å². The van der Waals surface area contributed by atoms with Crippen molar-refractivity contribution in [3.05, 3.63) is 48.0 Å². The van der Waals surface area contributed by atoms with Crippen LogP contribution in [0.4, 0.5) is 0 Å². The van der Waals surface area contributed by atoms with Crippen LogP contribution in [0.5, 0.6) is 0 Å². The molecule has 0 aromatic heterocycles. The Bertz CT molecular complexity index is 599. The lowest BCUT2D eigenvalue weighted by atomic mass is 10.0. The van der Waals surface area contributed by atoms with Gasteiger partial charge in [-0.05, 0) is 29.7 Å². The number of amides is 1. The zero-order valence-corrected chi connectivity index (χ0v) is 11.0. The Hall–Kier alpha value is -2.16. The molecule has 19 heavy (non-hydrogen) atoms. The molecule has 0 radical (unpaired) electrons. The fourth-order valence-corrected chi connectivity index (χ4v) is 2.14. The van der Waals surface area contributed by atoms with Crippen molar-refractivity contribution in [2.75, 3.05) is 6.54 Å². The van der Waals surface area contributed by atoms with Crippen molar-refractivity contribution in [1.82, 2.24) is 5.32 Å². The lowest BCUT2D eigenvalue weighted by Crippen LogP contribution is -2.27. The van der Waals surface area contributed by atoms with Crippen molar-refractivity contribution >= 4 is 22.5 Å². The number of Topliss-reactive ketones (excluding diaryl/α,β-unsaturated/α-hetero) is 1. The minimum Gasteiger partial charge on any atom is -0.355 e. The molecule has 2 rings (SSSR count). The Balaban J connectivity index is 1.98. The van der Waals surface area contributed by atoms with E-state index in [-0.39, 0.29) is 18.1 Å². The summed E-state index contributed by atoms with van der Waals surface area (Å²) in [6.45, 7) is 1.98. The van der Waals surface area contributed by atoms with Gasteiger partial charge < -0.3 is 5.32 Å². The number of carbonyl (C=O) groups excluding carboxylic acids is 2. The normalized spacial score (nSPS) is 10.4. The van der Waals surface area contributed by atoms with Gasteiger partial charge in [0.1, 0.15) is 5.78 Å². The van der Waals surface area contributed by atoms with Crippen molar-refractivity contribution in [3.63, 3.8) is 0 Å². The molecule has 0 heterocycles. The standard InChI is InChI=1S/C16H17NO2/c1-12(18)11-16(19)17-10-9-14-7-4-6-13-5-2-3-8-15(13)14/h2-8H,9-11H2,1H3,(H,17,19). The van der Waals surface area contributed by atoms with Crippen LogP contribution in [0, 0.1) is 0 Å². The molecular formula is C16H17NO2. The summed E-state index contributed by atoms with van der Waals surface area (Å²) in [6.07, 6.45) is 0.737. The number of nitrogens with one attached hydrogen (secondary N) is 1. The zero-order chi connectivity index (χ0) is 13.7. The highest BCUT2D eigenvalue weighted by molar-refractivity contribution is 5.96. The maximum atomic E-state index is 11.4. The number of rotatable bonds is 5. The van der Waals surface area contributed by atoms with E-state index in [1.165, 1.54) is 23.3 Å². The van der Waals surface area contributed by atoms with E-state index in [1.54, 1.807) is 0 Å². The molecule has 0 aliphatic heterocycles. The molecule has 98 valence electrons. The van der Waals surface area contributed by atoms with Crippen molar-refractivity contribution < 1.29 is 9.59 Å². The summed E-state index contributed by atoms with van der Waals surface area (Å²) in [5.41, 5.74) is 1.21. The first-order valence-corrected chi connectivity index (χ1v) is 6.39. The summed E-state index contributed by atoms with van der Waals surface area (Å²) < 4.78 is 0. The van der Waals surface area contributed by atoms with E-state index >= 15 is 0 Å². The molecule has 0 fully saturated rings. The molecule has 0 spiro atoms. The van der Waals surface area contributed by atoms with E-state index in [0.29, 0.717) is 6.54 Å². The Labute approximate surface area is 112 Å². The van der Waals surface area contributed by atoms with Crippen molar-refractivity contribution in [3.8, 4) is 0 Å². The largest absolute Gasteiger partial charge is 0.355 e. The molecule has 0 saturated heterocycles. The lowest BCUT2D eigenvalue weighted by molar-refractivity contribution is -0.127. The van der Waals surface area contributed by atoms with Crippen LogP contribution in [0.15, 0.2) is 42.5 Å². The summed E-state index contributed by atoms with van der Waals surface area (Å²) in [4.78, 5) is 22.2. The SMILES string of the molecule is CC(=O)CC(=O)NCCc1cccc2ccccc12. The van der Waals surface area contributed by atoms with Gasteiger partial charge in [-0.3, -0.25) is 9.59 Å². The van der Waals surface area contributed by atoms with E-state index in [9.17, 15) is 9.59 Å². The van der Waals surface area contributed by atoms with Gasteiger partial charge in [-0.1, -0.05) is 42.5 Å². The predicted molar refractivity (Wildman–Crippen MR) is 76.0 cm³/mol. The molecule has 1 amide bonds.